The zero-order valence-corrected chi connectivity index (χ0v) is 33.8. The summed E-state index contributed by atoms with van der Waals surface area (Å²) in [5, 5.41) is 18.3. The van der Waals surface area contributed by atoms with Crippen LogP contribution in [0.1, 0.15) is 57.5 Å². The number of benzene rings is 8. The second-order valence-electron chi connectivity index (χ2n) is 14.5. The molecular weight excluding hydrogens is 763 g/mol. The van der Waals surface area contributed by atoms with Gasteiger partial charge in [0.15, 0.2) is 0 Å². The Morgan fingerprint density at radius 2 is 0.574 bits per heavy atom. The van der Waals surface area contributed by atoms with Gasteiger partial charge in [-0.15, -0.1) is 0 Å². The number of aryl methyl sites for hydroxylation is 1. The summed E-state index contributed by atoms with van der Waals surface area (Å²) in [6, 6.07) is 60.4. The molecule has 0 atom stereocenters. The summed E-state index contributed by atoms with van der Waals surface area (Å²) < 4.78 is 36.5. The standard InChI is InChI=1S/C28H26O2.C13H10F2.C13H12O2.CH4/c1-21-3-5-22(6-4-21)19-24-9-15-27(16-10-24)30-28-17-11-25(12-18-28)20-23-7-13-26(29-2)14-8-23;2*14-12-5-1-10(2-6-12)9-11-3-7-13(15)8-4-11;/h3-18H,19-20H2,1-2H3;1-8H,9H2;1-8,14-15H,9H2;1H4. The van der Waals surface area contributed by atoms with E-state index < -0.39 is 0 Å². The molecule has 8 rings (SSSR count). The quantitative estimate of drug-likeness (QED) is 0.137. The Morgan fingerprint density at radius 1 is 0.344 bits per heavy atom. The van der Waals surface area contributed by atoms with Gasteiger partial charge in [0, 0.05) is 0 Å². The number of halogens is 2. The molecule has 0 radical (unpaired) electrons. The molecule has 8 aromatic carbocycles. The summed E-state index contributed by atoms with van der Waals surface area (Å²) in [6.07, 6.45) is 3.32. The van der Waals surface area contributed by atoms with E-state index in [1.165, 1.54) is 52.1 Å². The summed E-state index contributed by atoms with van der Waals surface area (Å²) in [5.41, 5.74) is 10.7. The molecule has 6 heteroatoms. The maximum atomic E-state index is 12.6. The van der Waals surface area contributed by atoms with Crippen LogP contribution in [0, 0.1) is 18.6 Å². The van der Waals surface area contributed by atoms with Crippen LogP contribution in [-0.2, 0) is 25.7 Å². The van der Waals surface area contributed by atoms with Crippen molar-refractivity contribution in [2.75, 3.05) is 7.11 Å². The van der Waals surface area contributed by atoms with Gasteiger partial charge >= 0.3 is 0 Å². The van der Waals surface area contributed by atoms with Crippen LogP contribution in [0.5, 0.6) is 28.7 Å². The summed E-state index contributed by atoms with van der Waals surface area (Å²) in [6.45, 7) is 2.11. The molecule has 0 bridgehead atoms. The highest BCUT2D eigenvalue weighted by Crippen LogP contribution is 2.24. The predicted molar refractivity (Wildman–Crippen MR) is 244 cm³/mol. The number of aromatic hydroxyl groups is 2. The van der Waals surface area contributed by atoms with Crippen molar-refractivity contribution in [3.05, 3.63) is 256 Å². The lowest BCUT2D eigenvalue weighted by molar-refractivity contribution is 0.414. The number of hydrogen-bond acceptors (Lipinski definition) is 4. The van der Waals surface area contributed by atoms with Gasteiger partial charge in [-0.05, 0) is 162 Å². The van der Waals surface area contributed by atoms with Crippen LogP contribution >= 0.6 is 0 Å². The third-order valence-electron chi connectivity index (χ3n) is 9.69. The Balaban J connectivity index is 0.000000191. The molecule has 0 heterocycles. The molecule has 61 heavy (non-hydrogen) atoms. The van der Waals surface area contributed by atoms with Crippen LogP contribution in [-0.4, -0.2) is 17.3 Å². The van der Waals surface area contributed by atoms with Gasteiger partial charge in [0.05, 0.1) is 7.11 Å². The van der Waals surface area contributed by atoms with Gasteiger partial charge in [-0.25, -0.2) is 8.78 Å². The molecule has 310 valence electrons. The minimum atomic E-state index is -0.238. The predicted octanol–water partition coefficient (Wildman–Crippen LogP) is 13.9. The Kier molecular flexibility index (Phi) is 16.8. The van der Waals surface area contributed by atoms with Crippen LogP contribution < -0.4 is 9.47 Å². The fourth-order valence-electron chi connectivity index (χ4n) is 6.31. The number of phenols is 2. The molecule has 8 aromatic rings. The minimum Gasteiger partial charge on any atom is -0.508 e. The summed E-state index contributed by atoms with van der Waals surface area (Å²) in [4.78, 5) is 0. The molecule has 0 amide bonds. The number of methoxy groups -OCH3 is 1. The lowest BCUT2D eigenvalue weighted by atomic mass is 10.0. The molecule has 0 aromatic heterocycles. The Morgan fingerprint density at radius 3 is 0.852 bits per heavy atom. The van der Waals surface area contributed by atoms with E-state index in [0.717, 1.165) is 58.8 Å². The fourth-order valence-corrected chi connectivity index (χ4v) is 6.31. The second kappa shape index (κ2) is 22.8. The first-order valence-corrected chi connectivity index (χ1v) is 19.7. The highest BCUT2D eigenvalue weighted by atomic mass is 19.1. The monoisotopic (exact) mass is 814 g/mol. The van der Waals surface area contributed by atoms with E-state index in [4.69, 9.17) is 19.7 Å². The SMILES string of the molecule is C.COc1ccc(Cc2ccc(Oc3ccc(Cc4ccc(C)cc4)cc3)cc2)cc1.Fc1ccc(Cc2ccc(F)cc2)cc1.Oc1ccc(Cc2ccc(O)cc2)cc1. The van der Waals surface area contributed by atoms with Crippen molar-refractivity contribution in [3.8, 4) is 28.7 Å². The molecule has 2 N–H and O–H groups in total. The third-order valence-corrected chi connectivity index (χ3v) is 9.69. The Hall–Kier alpha value is -7.18. The first-order chi connectivity index (χ1) is 29.1. The average Bonchev–Trinajstić information content (AvgIpc) is 3.27. The number of hydrogen-bond donors (Lipinski definition) is 2. The smallest absolute Gasteiger partial charge is 0.127 e. The van der Waals surface area contributed by atoms with Crippen molar-refractivity contribution in [1.29, 1.82) is 0 Å². The van der Waals surface area contributed by atoms with Crippen molar-refractivity contribution < 1.29 is 28.5 Å². The van der Waals surface area contributed by atoms with Crippen molar-refractivity contribution in [1.82, 2.24) is 0 Å². The largest absolute Gasteiger partial charge is 0.508 e. The van der Waals surface area contributed by atoms with E-state index in [-0.39, 0.29) is 30.6 Å². The van der Waals surface area contributed by atoms with Crippen molar-refractivity contribution in [2.45, 2.75) is 40.0 Å². The number of ether oxygens (including phenoxy) is 2. The Labute approximate surface area is 359 Å². The van der Waals surface area contributed by atoms with E-state index >= 15 is 0 Å². The minimum absolute atomic E-state index is 0. The first kappa shape index (κ1) is 44.9. The highest BCUT2D eigenvalue weighted by molar-refractivity contribution is 5.39. The van der Waals surface area contributed by atoms with Crippen molar-refractivity contribution in [2.24, 2.45) is 0 Å². The lowest BCUT2D eigenvalue weighted by Gasteiger charge is -2.09. The normalized spacial score (nSPS) is 10.2. The zero-order chi connectivity index (χ0) is 42.1. The van der Waals surface area contributed by atoms with Gasteiger partial charge in [0.25, 0.3) is 0 Å². The van der Waals surface area contributed by atoms with Crippen LogP contribution in [0.2, 0.25) is 0 Å². The lowest BCUT2D eigenvalue weighted by Crippen LogP contribution is -1.91. The van der Waals surface area contributed by atoms with Crippen LogP contribution in [0.25, 0.3) is 0 Å². The molecule has 0 aliphatic rings. The highest BCUT2D eigenvalue weighted by Gasteiger charge is 2.03. The Bertz CT molecular complexity index is 2290. The molecule has 4 nitrogen and oxygen atoms in total. The van der Waals surface area contributed by atoms with E-state index in [2.05, 4.69) is 67.6 Å². The molecule has 0 saturated heterocycles. The van der Waals surface area contributed by atoms with Gasteiger partial charge in [0.1, 0.15) is 40.4 Å². The molecule has 0 unspecified atom stereocenters. The molecule has 0 fully saturated rings. The average molecular weight is 815 g/mol. The summed E-state index contributed by atoms with van der Waals surface area (Å²) >= 11 is 0. The summed E-state index contributed by atoms with van der Waals surface area (Å²) in [7, 11) is 1.69. The number of rotatable bonds is 11. The molecule has 0 saturated carbocycles. The first-order valence-electron chi connectivity index (χ1n) is 19.7. The van der Waals surface area contributed by atoms with Gasteiger partial charge in [-0.2, -0.15) is 0 Å². The van der Waals surface area contributed by atoms with E-state index in [0.29, 0.717) is 6.42 Å². The maximum absolute atomic E-state index is 12.6. The van der Waals surface area contributed by atoms with Gasteiger partial charge in [-0.1, -0.05) is 122 Å². The van der Waals surface area contributed by atoms with Gasteiger partial charge in [0.2, 0.25) is 0 Å². The number of phenolic OH excluding ortho intramolecular Hbond substituents is 2. The van der Waals surface area contributed by atoms with E-state index in [9.17, 15) is 8.78 Å². The zero-order valence-electron chi connectivity index (χ0n) is 33.8. The maximum Gasteiger partial charge on any atom is 0.127 e. The van der Waals surface area contributed by atoms with E-state index in [1.54, 1.807) is 55.6 Å². The van der Waals surface area contributed by atoms with Crippen molar-refractivity contribution in [3.63, 3.8) is 0 Å². The fraction of sp³-hybridized carbons (Fsp3) is 0.127. The van der Waals surface area contributed by atoms with Gasteiger partial charge < -0.3 is 19.7 Å². The summed E-state index contributed by atoms with van der Waals surface area (Å²) in [5.74, 6) is 2.67. The van der Waals surface area contributed by atoms with Crippen molar-refractivity contribution >= 4 is 0 Å². The van der Waals surface area contributed by atoms with Crippen LogP contribution in [0.3, 0.4) is 0 Å². The van der Waals surface area contributed by atoms with E-state index in [1.807, 2.05) is 60.7 Å². The molecule has 0 aliphatic heterocycles. The third kappa shape index (κ3) is 15.2. The van der Waals surface area contributed by atoms with Crippen LogP contribution in [0.4, 0.5) is 8.78 Å². The second-order valence-corrected chi connectivity index (χ2v) is 14.5. The van der Waals surface area contributed by atoms with Crippen LogP contribution in [0.15, 0.2) is 194 Å². The molecule has 0 aliphatic carbocycles. The topological polar surface area (TPSA) is 58.9 Å². The molecule has 0 spiro atoms. The van der Waals surface area contributed by atoms with Gasteiger partial charge in [-0.3, -0.25) is 0 Å². The molecular formula is C55H52F2O4.